The van der Waals surface area contributed by atoms with Gasteiger partial charge in [-0.3, -0.25) is 5.01 Å². The summed E-state index contributed by atoms with van der Waals surface area (Å²) in [6, 6.07) is 0.441. The highest BCUT2D eigenvalue weighted by molar-refractivity contribution is 4.95. The first-order chi connectivity index (χ1) is 5.17. The Morgan fingerprint density at radius 3 is 2.73 bits per heavy atom. The Balaban J connectivity index is 1.86. The fraction of sp³-hybridized carbons (Fsp3) is 1.00. The van der Waals surface area contributed by atoms with Crippen LogP contribution in [0.4, 0.5) is 0 Å². The molecule has 0 amide bonds. The van der Waals surface area contributed by atoms with Crippen molar-refractivity contribution in [2.24, 2.45) is 10.3 Å². The molecule has 0 spiro atoms. The van der Waals surface area contributed by atoms with E-state index in [-0.39, 0.29) is 0 Å². The molecule has 4 nitrogen and oxygen atoms in total. The highest BCUT2D eigenvalue weighted by Gasteiger charge is 2.42. The molecule has 1 saturated carbocycles. The second-order valence-corrected chi connectivity index (χ2v) is 3.68. The second kappa shape index (κ2) is 2.17. The zero-order valence-electron chi connectivity index (χ0n) is 6.69. The summed E-state index contributed by atoms with van der Waals surface area (Å²) in [7, 11) is 0. The zero-order chi connectivity index (χ0) is 7.90. The van der Waals surface area contributed by atoms with E-state index in [9.17, 15) is 5.11 Å². The third kappa shape index (κ3) is 1.22. The fourth-order valence-electron chi connectivity index (χ4n) is 1.74. The number of hydrogen-bond acceptors (Lipinski definition) is 4. The van der Waals surface area contributed by atoms with Crippen molar-refractivity contribution in [1.82, 2.24) is 5.01 Å². The van der Waals surface area contributed by atoms with Crippen molar-refractivity contribution in [1.29, 1.82) is 0 Å². The van der Waals surface area contributed by atoms with Gasteiger partial charge in [0.15, 0.2) is 0 Å². The largest absolute Gasteiger partial charge is 0.390 e. The van der Waals surface area contributed by atoms with Crippen LogP contribution in [0.5, 0.6) is 0 Å². The third-order valence-corrected chi connectivity index (χ3v) is 2.38. The lowest BCUT2D eigenvalue weighted by Crippen LogP contribution is -2.51. The van der Waals surface area contributed by atoms with Crippen LogP contribution in [0.1, 0.15) is 19.8 Å². The molecule has 11 heavy (non-hydrogen) atoms. The van der Waals surface area contributed by atoms with E-state index in [1.54, 1.807) is 0 Å². The summed E-state index contributed by atoms with van der Waals surface area (Å²) >= 11 is 0. The van der Waals surface area contributed by atoms with Crippen LogP contribution in [0.2, 0.25) is 0 Å². The number of nitrogens with zero attached hydrogens (tertiary/aromatic N) is 3. The maximum absolute atomic E-state index is 9.45. The van der Waals surface area contributed by atoms with Gasteiger partial charge in [0, 0.05) is 0 Å². The zero-order valence-corrected chi connectivity index (χ0v) is 6.69. The molecule has 0 aromatic rings. The van der Waals surface area contributed by atoms with Crippen LogP contribution in [0.3, 0.4) is 0 Å². The van der Waals surface area contributed by atoms with E-state index in [4.69, 9.17) is 0 Å². The molecule has 1 fully saturated rings. The Morgan fingerprint density at radius 2 is 2.27 bits per heavy atom. The van der Waals surface area contributed by atoms with Gasteiger partial charge in [-0.25, -0.2) is 0 Å². The summed E-state index contributed by atoms with van der Waals surface area (Å²) in [4.78, 5) is 0. The predicted octanol–water partition coefficient (Wildman–Crippen LogP) is 0.583. The number of aliphatic hydroxyl groups is 1. The van der Waals surface area contributed by atoms with E-state index in [1.807, 2.05) is 11.9 Å². The minimum atomic E-state index is -0.442. The van der Waals surface area contributed by atoms with Gasteiger partial charge >= 0.3 is 0 Å². The average Bonchev–Trinajstić information content (AvgIpc) is 2.32. The van der Waals surface area contributed by atoms with Gasteiger partial charge in [-0.05, 0) is 19.8 Å². The molecule has 0 saturated heterocycles. The van der Waals surface area contributed by atoms with Crippen LogP contribution in [0.15, 0.2) is 10.3 Å². The molecule has 0 atom stereocenters. The van der Waals surface area contributed by atoms with E-state index in [0.29, 0.717) is 6.04 Å². The van der Waals surface area contributed by atoms with Crippen LogP contribution in [-0.4, -0.2) is 34.8 Å². The summed E-state index contributed by atoms with van der Waals surface area (Å²) in [5, 5.41) is 19.3. The van der Waals surface area contributed by atoms with Gasteiger partial charge < -0.3 is 5.11 Å². The smallest absolute Gasteiger partial charge is 0.0813 e. The van der Waals surface area contributed by atoms with Gasteiger partial charge in [0.2, 0.25) is 0 Å². The SMILES string of the molecule is CC1(O)CC(N2CCN=N2)C1. The lowest BCUT2D eigenvalue weighted by Gasteiger charge is -2.43. The Labute approximate surface area is 65.9 Å². The van der Waals surface area contributed by atoms with Crippen molar-refractivity contribution < 1.29 is 5.11 Å². The first-order valence-corrected chi connectivity index (χ1v) is 4.04. The van der Waals surface area contributed by atoms with Crippen molar-refractivity contribution >= 4 is 0 Å². The van der Waals surface area contributed by atoms with Crippen LogP contribution >= 0.6 is 0 Å². The molecular weight excluding hydrogens is 142 g/mol. The topological polar surface area (TPSA) is 48.2 Å². The van der Waals surface area contributed by atoms with Crippen molar-refractivity contribution in [2.75, 3.05) is 13.1 Å². The van der Waals surface area contributed by atoms with Crippen molar-refractivity contribution in [3.05, 3.63) is 0 Å². The summed E-state index contributed by atoms with van der Waals surface area (Å²) in [6.45, 7) is 3.62. The molecule has 0 aromatic carbocycles. The molecule has 4 heteroatoms. The molecule has 0 bridgehead atoms. The van der Waals surface area contributed by atoms with Crippen LogP contribution in [-0.2, 0) is 0 Å². The minimum absolute atomic E-state index is 0.441. The van der Waals surface area contributed by atoms with E-state index in [0.717, 1.165) is 25.9 Å². The maximum Gasteiger partial charge on any atom is 0.0813 e. The number of hydrogen-bond donors (Lipinski definition) is 1. The normalized spacial score (nSPS) is 42.7. The molecule has 1 aliphatic heterocycles. The van der Waals surface area contributed by atoms with Crippen molar-refractivity contribution in [3.63, 3.8) is 0 Å². The molecule has 1 aliphatic carbocycles. The lowest BCUT2D eigenvalue weighted by molar-refractivity contribution is -0.0751. The van der Waals surface area contributed by atoms with Gasteiger partial charge in [0.05, 0.1) is 24.7 Å². The molecule has 0 aromatic heterocycles. The molecule has 62 valence electrons. The first kappa shape index (κ1) is 7.03. The average molecular weight is 155 g/mol. The highest BCUT2D eigenvalue weighted by atomic mass is 16.3. The van der Waals surface area contributed by atoms with Gasteiger partial charge in [-0.2, -0.15) is 5.11 Å². The molecule has 1 heterocycles. The van der Waals surface area contributed by atoms with Gasteiger partial charge in [-0.15, -0.1) is 0 Å². The minimum Gasteiger partial charge on any atom is -0.390 e. The Morgan fingerprint density at radius 1 is 1.55 bits per heavy atom. The first-order valence-electron chi connectivity index (χ1n) is 4.04. The van der Waals surface area contributed by atoms with E-state index < -0.39 is 5.60 Å². The third-order valence-electron chi connectivity index (χ3n) is 2.38. The molecule has 0 radical (unpaired) electrons. The van der Waals surface area contributed by atoms with Crippen LogP contribution < -0.4 is 0 Å². The Bertz CT molecular complexity index is 182. The van der Waals surface area contributed by atoms with Crippen LogP contribution in [0, 0.1) is 0 Å². The molecule has 2 rings (SSSR count). The molecule has 0 unspecified atom stereocenters. The van der Waals surface area contributed by atoms with Crippen molar-refractivity contribution in [3.8, 4) is 0 Å². The quantitative estimate of drug-likeness (QED) is 0.602. The second-order valence-electron chi connectivity index (χ2n) is 3.68. The van der Waals surface area contributed by atoms with Gasteiger partial charge in [-0.1, -0.05) is 5.22 Å². The number of rotatable bonds is 1. The Kier molecular flexibility index (Phi) is 1.39. The lowest BCUT2D eigenvalue weighted by atomic mass is 9.77. The summed E-state index contributed by atoms with van der Waals surface area (Å²) in [5.41, 5.74) is -0.442. The molecular formula is C7H13N3O. The standard InChI is InChI=1S/C7H13N3O/c1-7(11)4-6(5-7)10-3-2-8-9-10/h6,11H,2-5H2,1H3. The fourth-order valence-corrected chi connectivity index (χ4v) is 1.74. The molecule has 1 N–H and O–H groups in total. The Hall–Kier alpha value is -0.640. The van der Waals surface area contributed by atoms with E-state index in [1.165, 1.54) is 0 Å². The molecule has 2 aliphatic rings. The monoisotopic (exact) mass is 155 g/mol. The summed E-state index contributed by atoms with van der Waals surface area (Å²) in [6.07, 6.45) is 1.68. The summed E-state index contributed by atoms with van der Waals surface area (Å²) in [5.74, 6) is 0. The summed E-state index contributed by atoms with van der Waals surface area (Å²) < 4.78 is 0. The van der Waals surface area contributed by atoms with Crippen molar-refractivity contribution in [2.45, 2.75) is 31.4 Å². The van der Waals surface area contributed by atoms with Gasteiger partial charge in [0.1, 0.15) is 0 Å². The highest BCUT2D eigenvalue weighted by Crippen LogP contribution is 2.35. The predicted molar refractivity (Wildman–Crippen MR) is 40.1 cm³/mol. The van der Waals surface area contributed by atoms with Gasteiger partial charge in [0.25, 0.3) is 0 Å². The van der Waals surface area contributed by atoms with E-state index >= 15 is 0 Å². The maximum atomic E-state index is 9.45. The van der Waals surface area contributed by atoms with Crippen LogP contribution in [0.25, 0.3) is 0 Å². The van der Waals surface area contributed by atoms with E-state index in [2.05, 4.69) is 10.3 Å².